The SMILES string of the molecule is CCOc1cc(/C=C2\N=C(c3ccc(C)cc3)OC2=O)cc(Cl)c1OCc1ccc(C)cc1. The molecule has 1 heterocycles. The molecule has 0 amide bonds. The molecule has 3 aromatic rings. The van der Waals surface area contributed by atoms with Gasteiger partial charge in [0.2, 0.25) is 5.90 Å². The average Bonchev–Trinajstić information content (AvgIpc) is 3.15. The summed E-state index contributed by atoms with van der Waals surface area (Å²) in [4.78, 5) is 16.7. The van der Waals surface area contributed by atoms with Crippen LogP contribution in [0, 0.1) is 13.8 Å². The van der Waals surface area contributed by atoms with Crippen molar-refractivity contribution in [3.63, 3.8) is 0 Å². The highest BCUT2D eigenvalue weighted by Crippen LogP contribution is 2.38. The molecule has 0 radical (unpaired) electrons. The molecule has 0 bridgehead atoms. The molecule has 168 valence electrons. The summed E-state index contributed by atoms with van der Waals surface area (Å²) in [5.41, 5.74) is 4.91. The number of esters is 1. The third-order valence-electron chi connectivity index (χ3n) is 5.06. The number of rotatable bonds is 7. The Balaban J connectivity index is 1.60. The van der Waals surface area contributed by atoms with Crippen molar-refractivity contribution in [2.24, 2.45) is 4.99 Å². The summed E-state index contributed by atoms with van der Waals surface area (Å²) in [5.74, 6) is 0.719. The maximum absolute atomic E-state index is 12.4. The van der Waals surface area contributed by atoms with Crippen LogP contribution in [-0.2, 0) is 16.1 Å². The van der Waals surface area contributed by atoms with E-state index in [1.165, 1.54) is 5.56 Å². The molecule has 1 aliphatic heterocycles. The standard InChI is InChI=1S/C27H24ClNO4/c1-4-31-24-15-20(13-22(28)25(24)32-16-19-9-5-17(2)6-10-19)14-23-27(30)33-26(29-23)21-11-7-18(3)8-12-21/h5-15H,4,16H2,1-3H3/b23-14-. The van der Waals surface area contributed by atoms with E-state index in [2.05, 4.69) is 4.99 Å². The fraction of sp³-hybridized carbons (Fsp3) is 0.185. The van der Waals surface area contributed by atoms with Crippen molar-refractivity contribution in [2.75, 3.05) is 6.61 Å². The van der Waals surface area contributed by atoms with Crippen molar-refractivity contribution in [3.05, 3.63) is 99.2 Å². The second-order valence-electron chi connectivity index (χ2n) is 7.74. The van der Waals surface area contributed by atoms with Gasteiger partial charge in [-0.15, -0.1) is 0 Å². The third-order valence-corrected chi connectivity index (χ3v) is 5.34. The number of aliphatic imine (C=N–C) groups is 1. The summed E-state index contributed by atoms with van der Waals surface area (Å²) in [5, 5.41) is 0.383. The van der Waals surface area contributed by atoms with Crippen LogP contribution in [0.25, 0.3) is 6.08 Å². The molecule has 0 aromatic heterocycles. The van der Waals surface area contributed by atoms with Crippen molar-refractivity contribution < 1.29 is 19.0 Å². The largest absolute Gasteiger partial charge is 0.490 e. The predicted octanol–water partition coefficient (Wildman–Crippen LogP) is 6.28. The van der Waals surface area contributed by atoms with Gasteiger partial charge in [0, 0.05) is 5.56 Å². The molecule has 0 saturated carbocycles. The van der Waals surface area contributed by atoms with Gasteiger partial charge in [0.05, 0.1) is 11.6 Å². The lowest BCUT2D eigenvalue weighted by atomic mass is 10.1. The van der Waals surface area contributed by atoms with E-state index in [4.69, 9.17) is 25.8 Å². The number of carbonyl (C=O) groups is 1. The van der Waals surface area contributed by atoms with Gasteiger partial charge < -0.3 is 14.2 Å². The molecule has 0 N–H and O–H groups in total. The van der Waals surface area contributed by atoms with Gasteiger partial charge in [-0.2, -0.15) is 0 Å². The number of hydrogen-bond donors (Lipinski definition) is 0. The van der Waals surface area contributed by atoms with Gasteiger partial charge in [-0.1, -0.05) is 59.1 Å². The Kier molecular flexibility index (Phi) is 6.80. The molecule has 0 atom stereocenters. The van der Waals surface area contributed by atoms with Crippen molar-refractivity contribution in [1.82, 2.24) is 0 Å². The van der Waals surface area contributed by atoms with Crippen molar-refractivity contribution in [1.29, 1.82) is 0 Å². The molecular formula is C27H24ClNO4. The molecule has 5 nitrogen and oxygen atoms in total. The molecule has 0 spiro atoms. The highest BCUT2D eigenvalue weighted by Gasteiger charge is 2.24. The number of cyclic esters (lactones) is 1. The Bertz CT molecular complexity index is 1230. The van der Waals surface area contributed by atoms with Gasteiger partial charge in [-0.05, 0) is 62.2 Å². The number of ether oxygens (including phenoxy) is 3. The Hall–Kier alpha value is -3.57. The number of hydrogen-bond acceptors (Lipinski definition) is 5. The highest BCUT2D eigenvalue weighted by atomic mass is 35.5. The Labute approximate surface area is 198 Å². The fourth-order valence-electron chi connectivity index (χ4n) is 3.30. The van der Waals surface area contributed by atoms with Gasteiger partial charge in [0.1, 0.15) is 6.61 Å². The summed E-state index contributed by atoms with van der Waals surface area (Å²) in [6.45, 7) is 6.71. The van der Waals surface area contributed by atoms with Gasteiger partial charge in [-0.3, -0.25) is 0 Å². The molecule has 0 saturated heterocycles. The number of carbonyl (C=O) groups excluding carboxylic acids is 1. The maximum atomic E-state index is 12.4. The first-order chi connectivity index (χ1) is 15.9. The normalized spacial score (nSPS) is 14.2. The van der Waals surface area contributed by atoms with Crippen LogP contribution in [0.15, 0.2) is 71.4 Å². The molecule has 0 unspecified atom stereocenters. The smallest absolute Gasteiger partial charge is 0.363 e. The lowest BCUT2D eigenvalue weighted by molar-refractivity contribution is -0.129. The second kappa shape index (κ2) is 9.92. The van der Waals surface area contributed by atoms with Gasteiger partial charge in [0.25, 0.3) is 0 Å². The minimum absolute atomic E-state index is 0.192. The van der Waals surface area contributed by atoms with E-state index in [1.807, 2.05) is 69.3 Å². The summed E-state index contributed by atoms with van der Waals surface area (Å²) < 4.78 is 17.1. The molecule has 0 fully saturated rings. The summed E-state index contributed by atoms with van der Waals surface area (Å²) >= 11 is 6.54. The molecule has 0 aliphatic carbocycles. The summed E-state index contributed by atoms with van der Waals surface area (Å²) in [6, 6.07) is 19.2. The van der Waals surface area contributed by atoms with E-state index in [0.717, 1.165) is 16.7 Å². The van der Waals surface area contributed by atoms with Crippen LogP contribution >= 0.6 is 11.6 Å². The first kappa shape index (κ1) is 22.6. The Morgan fingerprint density at radius 1 is 0.970 bits per heavy atom. The van der Waals surface area contributed by atoms with E-state index in [0.29, 0.717) is 35.3 Å². The average molecular weight is 462 g/mol. The van der Waals surface area contributed by atoms with Crippen molar-refractivity contribution in [3.8, 4) is 11.5 Å². The number of aryl methyl sites for hydroxylation is 2. The first-order valence-corrected chi connectivity index (χ1v) is 11.0. The van der Waals surface area contributed by atoms with E-state index in [1.54, 1.807) is 18.2 Å². The molecular weight excluding hydrogens is 438 g/mol. The molecule has 3 aromatic carbocycles. The van der Waals surface area contributed by atoms with E-state index in [9.17, 15) is 4.79 Å². The van der Waals surface area contributed by atoms with Crippen molar-refractivity contribution in [2.45, 2.75) is 27.4 Å². The van der Waals surface area contributed by atoms with Crippen LogP contribution in [0.1, 0.15) is 34.7 Å². The van der Waals surface area contributed by atoms with E-state index < -0.39 is 5.97 Å². The number of halogens is 1. The Morgan fingerprint density at radius 2 is 1.64 bits per heavy atom. The lowest BCUT2D eigenvalue weighted by Gasteiger charge is -2.14. The van der Waals surface area contributed by atoms with Gasteiger partial charge in [-0.25, -0.2) is 9.79 Å². The van der Waals surface area contributed by atoms with E-state index >= 15 is 0 Å². The highest BCUT2D eigenvalue weighted by molar-refractivity contribution is 6.32. The zero-order valence-corrected chi connectivity index (χ0v) is 19.5. The maximum Gasteiger partial charge on any atom is 0.363 e. The van der Waals surface area contributed by atoms with Crippen LogP contribution in [0.2, 0.25) is 5.02 Å². The third kappa shape index (κ3) is 5.44. The lowest BCUT2D eigenvalue weighted by Crippen LogP contribution is -2.05. The zero-order chi connectivity index (χ0) is 23.4. The van der Waals surface area contributed by atoms with Crippen molar-refractivity contribution >= 4 is 29.5 Å². The fourth-order valence-corrected chi connectivity index (χ4v) is 3.57. The van der Waals surface area contributed by atoms with Gasteiger partial charge >= 0.3 is 5.97 Å². The topological polar surface area (TPSA) is 57.1 Å². The van der Waals surface area contributed by atoms with Gasteiger partial charge in [0.15, 0.2) is 17.2 Å². The molecule has 4 rings (SSSR count). The molecule has 33 heavy (non-hydrogen) atoms. The number of nitrogens with zero attached hydrogens (tertiary/aromatic N) is 1. The summed E-state index contributed by atoms with van der Waals surface area (Å²) in [7, 11) is 0. The molecule has 1 aliphatic rings. The second-order valence-corrected chi connectivity index (χ2v) is 8.15. The zero-order valence-electron chi connectivity index (χ0n) is 18.7. The summed E-state index contributed by atoms with van der Waals surface area (Å²) in [6.07, 6.45) is 1.63. The van der Waals surface area contributed by atoms with Crippen LogP contribution in [0.3, 0.4) is 0 Å². The first-order valence-electron chi connectivity index (χ1n) is 10.7. The van der Waals surface area contributed by atoms with Crippen LogP contribution < -0.4 is 9.47 Å². The Morgan fingerprint density at radius 3 is 2.30 bits per heavy atom. The number of benzene rings is 3. The van der Waals surface area contributed by atoms with Crippen LogP contribution in [0.4, 0.5) is 0 Å². The molecule has 6 heteroatoms. The quantitative estimate of drug-likeness (QED) is 0.307. The minimum Gasteiger partial charge on any atom is -0.490 e. The minimum atomic E-state index is -0.514. The monoisotopic (exact) mass is 461 g/mol. The van der Waals surface area contributed by atoms with Crippen LogP contribution in [0.5, 0.6) is 11.5 Å². The van der Waals surface area contributed by atoms with E-state index in [-0.39, 0.29) is 11.6 Å². The van der Waals surface area contributed by atoms with Crippen LogP contribution in [-0.4, -0.2) is 18.5 Å². The predicted molar refractivity (Wildman–Crippen MR) is 130 cm³/mol.